The van der Waals surface area contributed by atoms with Crippen molar-refractivity contribution in [1.29, 1.82) is 0 Å². The number of benzene rings is 1. The maximum Gasteiger partial charge on any atom is 0.119 e. The van der Waals surface area contributed by atoms with Crippen LogP contribution in [-0.4, -0.2) is 13.2 Å². The van der Waals surface area contributed by atoms with Gasteiger partial charge in [-0.15, -0.1) is 0 Å². The van der Waals surface area contributed by atoms with Crippen LogP contribution >= 0.6 is 0 Å². The van der Waals surface area contributed by atoms with Gasteiger partial charge in [0.2, 0.25) is 0 Å². The van der Waals surface area contributed by atoms with Crippen molar-refractivity contribution in [1.82, 2.24) is 5.32 Å². The third-order valence-corrected chi connectivity index (χ3v) is 2.85. The summed E-state index contributed by atoms with van der Waals surface area (Å²) in [7, 11) is 0. The van der Waals surface area contributed by atoms with Crippen LogP contribution in [0.2, 0.25) is 0 Å². The first-order chi connectivity index (χ1) is 8.27. The fourth-order valence-corrected chi connectivity index (χ4v) is 1.67. The lowest BCUT2D eigenvalue weighted by molar-refractivity contribution is 0.309. The maximum absolute atomic E-state index is 5.64. The van der Waals surface area contributed by atoms with Gasteiger partial charge in [-0.25, -0.2) is 0 Å². The summed E-state index contributed by atoms with van der Waals surface area (Å²) in [4.78, 5) is 0. The summed E-state index contributed by atoms with van der Waals surface area (Å²) in [5.74, 6) is 0.977. The van der Waals surface area contributed by atoms with E-state index in [-0.39, 0.29) is 0 Å². The van der Waals surface area contributed by atoms with Crippen molar-refractivity contribution in [3.8, 4) is 5.75 Å². The van der Waals surface area contributed by atoms with Crippen molar-refractivity contribution < 1.29 is 4.74 Å². The van der Waals surface area contributed by atoms with E-state index in [1.807, 2.05) is 0 Å². The summed E-state index contributed by atoms with van der Waals surface area (Å²) in [6.07, 6.45) is 3.47. The largest absolute Gasteiger partial charge is 0.494 e. The lowest BCUT2D eigenvalue weighted by atomic mass is 10.1. The molecule has 2 nitrogen and oxygen atoms in total. The monoisotopic (exact) mass is 235 g/mol. The fourth-order valence-electron chi connectivity index (χ4n) is 1.67. The highest BCUT2D eigenvalue weighted by Gasteiger charge is 2.03. The molecule has 0 spiro atoms. The van der Waals surface area contributed by atoms with Crippen LogP contribution in [0.15, 0.2) is 24.3 Å². The molecule has 0 heterocycles. The predicted octanol–water partition coefficient (Wildman–Crippen LogP) is 3.93. The van der Waals surface area contributed by atoms with E-state index in [9.17, 15) is 0 Å². The van der Waals surface area contributed by atoms with Crippen LogP contribution in [0.3, 0.4) is 0 Å². The molecule has 0 aromatic heterocycles. The predicted molar refractivity (Wildman–Crippen MR) is 73.6 cm³/mol. The van der Waals surface area contributed by atoms with Crippen molar-refractivity contribution in [3.05, 3.63) is 29.8 Å². The Morgan fingerprint density at radius 2 is 1.82 bits per heavy atom. The molecule has 0 saturated carbocycles. The zero-order chi connectivity index (χ0) is 12.5. The zero-order valence-electron chi connectivity index (χ0n) is 11.3. The smallest absolute Gasteiger partial charge is 0.119 e. The summed E-state index contributed by atoms with van der Waals surface area (Å²) in [5, 5.41) is 3.48. The molecule has 1 aromatic carbocycles. The molecular weight excluding hydrogens is 210 g/mol. The van der Waals surface area contributed by atoms with Gasteiger partial charge in [0.05, 0.1) is 6.61 Å². The van der Waals surface area contributed by atoms with E-state index in [4.69, 9.17) is 4.74 Å². The van der Waals surface area contributed by atoms with Crippen LogP contribution in [-0.2, 0) is 0 Å². The molecule has 0 aliphatic rings. The van der Waals surface area contributed by atoms with Gasteiger partial charge in [0.25, 0.3) is 0 Å². The minimum absolute atomic E-state index is 0.416. The number of ether oxygens (including phenoxy) is 1. The molecule has 1 rings (SSSR count). The first-order valence-electron chi connectivity index (χ1n) is 6.74. The average Bonchev–Trinajstić information content (AvgIpc) is 2.37. The molecule has 96 valence electrons. The zero-order valence-corrected chi connectivity index (χ0v) is 11.3. The Balaban J connectivity index is 2.43. The van der Waals surface area contributed by atoms with Crippen LogP contribution in [0.5, 0.6) is 5.75 Å². The first-order valence-corrected chi connectivity index (χ1v) is 6.74. The van der Waals surface area contributed by atoms with Gasteiger partial charge in [-0.3, -0.25) is 0 Å². The minimum Gasteiger partial charge on any atom is -0.494 e. The summed E-state index contributed by atoms with van der Waals surface area (Å²) in [5.41, 5.74) is 1.32. The summed E-state index contributed by atoms with van der Waals surface area (Å²) in [6.45, 7) is 8.44. The lowest BCUT2D eigenvalue weighted by Gasteiger charge is -2.14. The Morgan fingerprint density at radius 1 is 1.12 bits per heavy atom. The minimum atomic E-state index is 0.416. The molecule has 0 unspecified atom stereocenters. The first kappa shape index (κ1) is 14.0. The SMILES string of the molecule is CCCCOc1ccc([C@@H](C)NCCC)cc1. The normalized spacial score (nSPS) is 12.4. The average molecular weight is 235 g/mol. The third kappa shape index (κ3) is 5.22. The summed E-state index contributed by atoms with van der Waals surface area (Å²) < 4.78 is 5.64. The highest BCUT2D eigenvalue weighted by Crippen LogP contribution is 2.17. The Labute approximate surface area is 105 Å². The third-order valence-electron chi connectivity index (χ3n) is 2.85. The molecule has 0 aliphatic carbocycles. The van der Waals surface area contributed by atoms with Crippen molar-refractivity contribution in [2.75, 3.05) is 13.2 Å². The second kappa shape index (κ2) is 8.13. The number of rotatable bonds is 8. The number of unbranched alkanes of at least 4 members (excludes halogenated alkanes) is 1. The van der Waals surface area contributed by atoms with Gasteiger partial charge in [0.15, 0.2) is 0 Å². The second-order valence-electron chi connectivity index (χ2n) is 4.45. The van der Waals surface area contributed by atoms with Crippen LogP contribution in [0.4, 0.5) is 0 Å². The molecule has 0 aliphatic heterocycles. The van der Waals surface area contributed by atoms with E-state index in [1.54, 1.807) is 0 Å². The molecule has 0 saturated heterocycles. The van der Waals surface area contributed by atoms with E-state index in [0.29, 0.717) is 6.04 Å². The van der Waals surface area contributed by atoms with Gasteiger partial charge in [-0.2, -0.15) is 0 Å². The van der Waals surface area contributed by atoms with E-state index >= 15 is 0 Å². The lowest BCUT2D eigenvalue weighted by Crippen LogP contribution is -2.19. The van der Waals surface area contributed by atoms with Crippen LogP contribution in [0.1, 0.15) is 51.6 Å². The Morgan fingerprint density at radius 3 is 2.41 bits per heavy atom. The Hall–Kier alpha value is -1.02. The Kier molecular flexibility index (Phi) is 6.71. The molecule has 0 fully saturated rings. The molecule has 1 aromatic rings. The standard InChI is InChI=1S/C15H25NO/c1-4-6-12-17-15-9-7-14(8-10-15)13(3)16-11-5-2/h7-10,13,16H,4-6,11-12H2,1-3H3/t13-/m1/s1. The maximum atomic E-state index is 5.64. The molecule has 2 heteroatoms. The molecule has 0 amide bonds. The summed E-state index contributed by atoms with van der Waals surface area (Å²) in [6, 6.07) is 8.84. The second-order valence-corrected chi connectivity index (χ2v) is 4.45. The van der Waals surface area contributed by atoms with E-state index in [2.05, 4.69) is 50.4 Å². The molecule has 1 atom stereocenters. The fraction of sp³-hybridized carbons (Fsp3) is 0.600. The van der Waals surface area contributed by atoms with E-state index < -0.39 is 0 Å². The van der Waals surface area contributed by atoms with Crippen LogP contribution in [0.25, 0.3) is 0 Å². The van der Waals surface area contributed by atoms with Crippen molar-refractivity contribution in [3.63, 3.8) is 0 Å². The number of nitrogens with one attached hydrogen (secondary N) is 1. The van der Waals surface area contributed by atoms with Crippen LogP contribution < -0.4 is 10.1 Å². The van der Waals surface area contributed by atoms with Gasteiger partial charge in [0, 0.05) is 6.04 Å². The topological polar surface area (TPSA) is 21.3 Å². The summed E-state index contributed by atoms with van der Waals surface area (Å²) >= 11 is 0. The van der Waals surface area contributed by atoms with E-state index in [0.717, 1.165) is 25.3 Å². The molecular formula is C15H25NO. The molecule has 1 N–H and O–H groups in total. The van der Waals surface area contributed by atoms with Crippen molar-refractivity contribution in [2.24, 2.45) is 0 Å². The number of hydrogen-bond acceptors (Lipinski definition) is 2. The molecule has 0 bridgehead atoms. The van der Waals surface area contributed by atoms with Gasteiger partial charge >= 0.3 is 0 Å². The van der Waals surface area contributed by atoms with E-state index in [1.165, 1.54) is 18.4 Å². The molecule has 0 radical (unpaired) electrons. The van der Waals surface area contributed by atoms with Gasteiger partial charge in [-0.1, -0.05) is 32.4 Å². The number of hydrogen-bond donors (Lipinski definition) is 1. The van der Waals surface area contributed by atoms with Crippen LogP contribution in [0, 0.1) is 0 Å². The highest BCUT2D eigenvalue weighted by atomic mass is 16.5. The van der Waals surface area contributed by atoms with Gasteiger partial charge in [0.1, 0.15) is 5.75 Å². The molecule has 17 heavy (non-hydrogen) atoms. The quantitative estimate of drug-likeness (QED) is 0.689. The highest BCUT2D eigenvalue weighted by molar-refractivity contribution is 5.28. The van der Waals surface area contributed by atoms with Crippen molar-refractivity contribution in [2.45, 2.75) is 46.1 Å². The van der Waals surface area contributed by atoms with Gasteiger partial charge in [-0.05, 0) is 44.0 Å². The Bertz CT molecular complexity index is 294. The van der Waals surface area contributed by atoms with Crippen molar-refractivity contribution >= 4 is 0 Å². The van der Waals surface area contributed by atoms with Gasteiger partial charge < -0.3 is 10.1 Å².